The number of hydrogen-bond donors (Lipinski definition) is 1. The normalized spacial score (nSPS) is 12.7. The zero-order valence-corrected chi connectivity index (χ0v) is 10.9. The third-order valence-corrected chi connectivity index (χ3v) is 2.85. The Morgan fingerprint density at radius 3 is 2.82 bits per heavy atom. The number of halogens is 1. The van der Waals surface area contributed by atoms with E-state index < -0.39 is 0 Å². The maximum absolute atomic E-state index is 13.2. The first kappa shape index (κ1) is 14.1. The first-order valence-electron chi connectivity index (χ1n) is 6.17. The summed E-state index contributed by atoms with van der Waals surface area (Å²) >= 11 is 0. The molecule has 1 unspecified atom stereocenters. The fourth-order valence-corrected chi connectivity index (χ4v) is 1.74. The van der Waals surface area contributed by atoms with Crippen LogP contribution in [0.15, 0.2) is 18.2 Å². The molecule has 1 N–H and O–H groups in total. The summed E-state index contributed by atoms with van der Waals surface area (Å²) in [4.78, 5) is 0. The molecule has 1 aromatic rings. The van der Waals surface area contributed by atoms with E-state index in [-0.39, 0.29) is 11.9 Å². The summed E-state index contributed by atoms with van der Waals surface area (Å²) in [5, 5.41) is 3.21. The third kappa shape index (κ3) is 4.84. The summed E-state index contributed by atoms with van der Waals surface area (Å²) in [5.41, 5.74) is 2.17. The zero-order valence-electron chi connectivity index (χ0n) is 10.9. The standard InChI is InChI=1S/C14H22FNO/c1-4-7-17-10-14(16-3)9-12-8-13(15)6-5-11(12)2/h5-6,8,14,16H,4,7,9-10H2,1-3H3. The lowest BCUT2D eigenvalue weighted by Gasteiger charge is -2.17. The Morgan fingerprint density at radius 1 is 1.41 bits per heavy atom. The van der Waals surface area contributed by atoms with Crippen LogP contribution in [-0.4, -0.2) is 26.3 Å². The highest BCUT2D eigenvalue weighted by molar-refractivity contribution is 5.27. The van der Waals surface area contributed by atoms with Gasteiger partial charge in [0.1, 0.15) is 5.82 Å². The van der Waals surface area contributed by atoms with E-state index in [9.17, 15) is 4.39 Å². The molecule has 0 saturated carbocycles. The van der Waals surface area contributed by atoms with Crippen LogP contribution in [0, 0.1) is 12.7 Å². The number of nitrogens with one attached hydrogen (secondary N) is 1. The van der Waals surface area contributed by atoms with Gasteiger partial charge in [-0.1, -0.05) is 13.0 Å². The molecule has 0 fully saturated rings. The van der Waals surface area contributed by atoms with Crippen LogP contribution in [0.3, 0.4) is 0 Å². The number of hydrogen-bond acceptors (Lipinski definition) is 2. The lowest BCUT2D eigenvalue weighted by atomic mass is 10.0. The van der Waals surface area contributed by atoms with Crippen molar-refractivity contribution in [3.05, 3.63) is 35.1 Å². The lowest BCUT2D eigenvalue weighted by Crippen LogP contribution is -2.33. The molecule has 2 nitrogen and oxygen atoms in total. The zero-order chi connectivity index (χ0) is 12.7. The van der Waals surface area contributed by atoms with Gasteiger partial charge in [-0.05, 0) is 50.1 Å². The monoisotopic (exact) mass is 239 g/mol. The van der Waals surface area contributed by atoms with Crippen LogP contribution in [0.4, 0.5) is 4.39 Å². The Labute approximate surface area is 103 Å². The highest BCUT2D eigenvalue weighted by atomic mass is 19.1. The number of likely N-dealkylation sites (N-methyl/N-ethyl adjacent to an activating group) is 1. The second-order valence-electron chi connectivity index (χ2n) is 4.34. The van der Waals surface area contributed by atoms with Crippen molar-refractivity contribution in [3.8, 4) is 0 Å². The molecule has 17 heavy (non-hydrogen) atoms. The van der Waals surface area contributed by atoms with Gasteiger partial charge in [-0.3, -0.25) is 0 Å². The molecule has 0 aliphatic heterocycles. The van der Waals surface area contributed by atoms with Crippen molar-refractivity contribution in [2.45, 2.75) is 32.7 Å². The smallest absolute Gasteiger partial charge is 0.123 e. The number of rotatable bonds is 7. The molecular formula is C14H22FNO. The van der Waals surface area contributed by atoms with Crippen molar-refractivity contribution in [3.63, 3.8) is 0 Å². The van der Waals surface area contributed by atoms with E-state index in [1.165, 1.54) is 6.07 Å². The molecule has 0 bridgehead atoms. The van der Waals surface area contributed by atoms with Crippen molar-refractivity contribution < 1.29 is 9.13 Å². The van der Waals surface area contributed by atoms with Crippen molar-refractivity contribution in [1.82, 2.24) is 5.32 Å². The highest BCUT2D eigenvalue weighted by Crippen LogP contribution is 2.12. The van der Waals surface area contributed by atoms with Gasteiger partial charge in [-0.25, -0.2) is 4.39 Å². The summed E-state index contributed by atoms with van der Waals surface area (Å²) < 4.78 is 18.7. The molecular weight excluding hydrogens is 217 g/mol. The van der Waals surface area contributed by atoms with Gasteiger partial charge in [-0.2, -0.15) is 0 Å². The van der Waals surface area contributed by atoms with Crippen LogP contribution in [0.25, 0.3) is 0 Å². The molecule has 0 amide bonds. The number of ether oxygens (including phenoxy) is 1. The highest BCUT2D eigenvalue weighted by Gasteiger charge is 2.09. The average molecular weight is 239 g/mol. The Morgan fingerprint density at radius 2 is 2.18 bits per heavy atom. The minimum atomic E-state index is -0.171. The third-order valence-electron chi connectivity index (χ3n) is 2.85. The van der Waals surface area contributed by atoms with Crippen LogP contribution in [0.2, 0.25) is 0 Å². The van der Waals surface area contributed by atoms with Crippen molar-refractivity contribution >= 4 is 0 Å². The molecule has 0 radical (unpaired) electrons. The summed E-state index contributed by atoms with van der Waals surface area (Å²) in [5.74, 6) is -0.171. The largest absolute Gasteiger partial charge is 0.380 e. The molecule has 0 saturated heterocycles. The maximum atomic E-state index is 13.2. The minimum Gasteiger partial charge on any atom is -0.380 e. The first-order chi connectivity index (χ1) is 8.17. The predicted octanol–water partition coefficient (Wildman–Crippen LogP) is 2.69. The number of benzene rings is 1. The van der Waals surface area contributed by atoms with Gasteiger partial charge in [0.25, 0.3) is 0 Å². The molecule has 0 aromatic heterocycles. The Hall–Kier alpha value is -0.930. The van der Waals surface area contributed by atoms with Crippen molar-refractivity contribution in [1.29, 1.82) is 0 Å². The fourth-order valence-electron chi connectivity index (χ4n) is 1.74. The van der Waals surface area contributed by atoms with Gasteiger partial charge < -0.3 is 10.1 Å². The van der Waals surface area contributed by atoms with Crippen LogP contribution in [0.5, 0.6) is 0 Å². The van der Waals surface area contributed by atoms with Crippen LogP contribution < -0.4 is 5.32 Å². The van der Waals surface area contributed by atoms with Gasteiger partial charge in [0.05, 0.1) is 6.61 Å². The van der Waals surface area contributed by atoms with E-state index in [1.54, 1.807) is 6.07 Å². The van der Waals surface area contributed by atoms with Gasteiger partial charge in [-0.15, -0.1) is 0 Å². The summed E-state index contributed by atoms with van der Waals surface area (Å²) in [7, 11) is 1.91. The van der Waals surface area contributed by atoms with E-state index in [2.05, 4.69) is 12.2 Å². The second-order valence-corrected chi connectivity index (χ2v) is 4.34. The number of aryl methyl sites for hydroxylation is 1. The van der Waals surface area contributed by atoms with E-state index in [0.717, 1.165) is 30.6 Å². The summed E-state index contributed by atoms with van der Waals surface area (Å²) in [6.07, 6.45) is 1.82. The molecule has 0 spiro atoms. The Kier molecular flexibility index (Phi) is 6.16. The van der Waals surface area contributed by atoms with Gasteiger partial charge in [0.2, 0.25) is 0 Å². The van der Waals surface area contributed by atoms with Crippen molar-refractivity contribution in [2.24, 2.45) is 0 Å². The van der Waals surface area contributed by atoms with E-state index in [0.29, 0.717) is 6.61 Å². The fraction of sp³-hybridized carbons (Fsp3) is 0.571. The minimum absolute atomic E-state index is 0.171. The van der Waals surface area contributed by atoms with E-state index in [4.69, 9.17) is 4.74 Å². The summed E-state index contributed by atoms with van der Waals surface area (Å²) in [6.45, 7) is 5.54. The van der Waals surface area contributed by atoms with E-state index in [1.807, 2.05) is 20.0 Å². The van der Waals surface area contributed by atoms with Crippen LogP contribution >= 0.6 is 0 Å². The maximum Gasteiger partial charge on any atom is 0.123 e. The Balaban J connectivity index is 2.57. The van der Waals surface area contributed by atoms with E-state index >= 15 is 0 Å². The van der Waals surface area contributed by atoms with Crippen molar-refractivity contribution in [2.75, 3.05) is 20.3 Å². The second kappa shape index (κ2) is 7.41. The molecule has 1 rings (SSSR count). The SMILES string of the molecule is CCCOCC(Cc1cc(F)ccc1C)NC. The first-order valence-corrected chi connectivity index (χ1v) is 6.17. The predicted molar refractivity (Wildman–Crippen MR) is 68.8 cm³/mol. The molecule has 0 aliphatic rings. The molecule has 0 aliphatic carbocycles. The molecule has 96 valence electrons. The lowest BCUT2D eigenvalue weighted by molar-refractivity contribution is 0.114. The van der Waals surface area contributed by atoms with Crippen LogP contribution in [0.1, 0.15) is 24.5 Å². The van der Waals surface area contributed by atoms with Crippen LogP contribution in [-0.2, 0) is 11.2 Å². The topological polar surface area (TPSA) is 21.3 Å². The Bertz CT molecular complexity index is 341. The summed E-state index contributed by atoms with van der Waals surface area (Å²) in [6, 6.07) is 5.17. The molecule has 1 aromatic carbocycles. The average Bonchev–Trinajstić information content (AvgIpc) is 2.32. The molecule has 0 heterocycles. The quantitative estimate of drug-likeness (QED) is 0.739. The van der Waals surface area contributed by atoms with Gasteiger partial charge in [0, 0.05) is 12.6 Å². The molecule has 1 atom stereocenters. The van der Waals surface area contributed by atoms with Gasteiger partial charge >= 0.3 is 0 Å². The molecule has 3 heteroatoms. The van der Waals surface area contributed by atoms with Gasteiger partial charge in [0.15, 0.2) is 0 Å².